The largest absolute Gasteiger partial charge is 0.383 e. The molecule has 0 atom stereocenters. The Labute approximate surface area is 176 Å². The van der Waals surface area contributed by atoms with Crippen molar-refractivity contribution in [1.82, 2.24) is 24.9 Å². The van der Waals surface area contributed by atoms with Crippen molar-refractivity contribution in [3.8, 4) is 6.07 Å². The fourth-order valence-corrected chi connectivity index (χ4v) is 3.34. The summed E-state index contributed by atoms with van der Waals surface area (Å²) in [6.45, 7) is 6.70. The molecule has 3 rings (SSSR count). The number of anilines is 2. The molecular formula is C21H28N8O. The van der Waals surface area contributed by atoms with Crippen molar-refractivity contribution < 1.29 is 4.74 Å². The Balaban J connectivity index is 1.71. The summed E-state index contributed by atoms with van der Waals surface area (Å²) in [5, 5.41) is 20.6. The molecule has 0 aliphatic carbocycles. The fourth-order valence-electron chi connectivity index (χ4n) is 3.34. The molecule has 0 aromatic carbocycles. The maximum Gasteiger partial charge on any atom is 0.163 e. The standard InChI is InChI=1S/C21H28N8O/c1-4-17-14(2)28-29-19(23)18(12-22)20(27-21(17)29)25-9-8-15-6-5-7-16(26-15)13-24-10-11-30-3/h5-7,24H,4,8-11,13,23H2,1-3H3,(H,25,27). The molecule has 0 spiro atoms. The van der Waals surface area contributed by atoms with Crippen molar-refractivity contribution in [2.24, 2.45) is 0 Å². The first kappa shape index (κ1) is 21.5. The molecule has 0 saturated heterocycles. The molecule has 0 amide bonds. The number of pyridine rings is 1. The van der Waals surface area contributed by atoms with Gasteiger partial charge in [-0.15, -0.1) is 0 Å². The number of methoxy groups -OCH3 is 1. The second kappa shape index (κ2) is 10.0. The third-order valence-electron chi connectivity index (χ3n) is 4.89. The minimum atomic E-state index is 0.301. The number of aryl methyl sites for hydroxylation is 2. The van der Waals surface area contributed by atoms with Gasteiger partial charge in [-0.1, -0.05) is 13.0 Å². The van der Waals surface area contributed by atoms with Crippen LogP contribution in [0.5, 0.6) is 0 Å². The lowest BCUT2D eigenvalue weighted by Gasteiger charge is -2.11. The van der Waals surface area contributed by atoms with Gasteiger partial charge in [-0.05, 0) is 25.5 Å². The van der Waals surface area contributed by atoms with Gasteiger partial charge < -0.3 is 21.1 Å². The highest BCUT2D eigenvalue weighted by Gasteiger charge is 2.18. The van der Waals surface area contributed by atoms with Crippen LogP contribution in [0.1, 0.15) is 35.1 Å². The molecule has 0 radical (unpaired) electrons. The van der Waals surface area contributed by atoms with Gasteiger partial charge in [0.1, 0.15) is 23.3 Å². The summed E-state index contributed by atoms with van der Waals surface area (Å²) in [5.74, 6) is 0.782. The van der Waals surface area contributed by atoms with Crippen molar-refractivity contribution in [2.75, 3.05) is 37.9 Å². The monoisotopic (exact) mass is 408 g/mol. The number of nitrogens with zero attached hydrogens (tertiary/aromatic N) is 5. The molecule has 3 heterocycles. The van der Waals surface area contributed by atoms with Gasteiger partial charge >= 0.3 is 0 Å². The van der Waals surface area contributed by atoms with Gasteiger partial charge in [0.2, 0.25) is 0 Å². The number of nitrogens with two attached hydrogens (primary N) is 1. The van der Waals surface area contributed by atoms with Crippen LogP contribution in [0.15, 0.2) is 18.2 Å². The van der Waals surface area contributed by atoms with Gasteiger partial charge in [-0.3, -0.25) is 4.98 Å². The molecule has 4 N–H and O–H groups in total. The molecule has 30 heavy (non-hydrogen) atoms. The van der Waals surface area contributed by atoms with E-state index in [1.54, 1.807) is 11.6 Å². The number of aromatic nitrogens is 4. The molecule has 0 unspecified atom stereocenters. The first-order chi connectivity index (χ1) is 14.6. The van der Waals surface area contributed by atoms with Gasteiger partial charge in [-0.25, -0.2) is 4.98 Å². The molecule has 158 valence electrons. The third kappa shape index (κ3) is 4.67. The summed E-state index contributed by atoms with van der Waals surface area (Å²) in [7, 11) is 1.68. The van der Waals surface area contributed by atoms with Crippen LogP contribution in [-0.2, 0) is 24.1 Å². The molecule has 0 saturated carbocycles. The summed E-state index contributed by atoms with van der Waals surface area (Å²) in [4.78, 5) is 9.32. The molecule has 0 aliphatic rings. The lowest BCUT2D eigenvalue weighted by atomic mass is 10.2. The maximum absolute atomic E-state index is 9.59. The molecule has 3 aromatic heterocycles. The smallest absolute Gasteiger partial charge is 0.163 e. The summed E-state index contributed by atoms with van der Waals surface area (Å²) in [5.41, 5.74) is 11.1. The Morgan fingerprint density at radius 1 is 1.23 bits per heavy atom. The summed E-state index contributed by atoms with van der Waals surface area (Å²) >= 11 is 0. The van der Waals surface area contributed by atoms with Crippen LogP contribution in [0.3, 0.4) is 0 Å². The first-order valence-corrected chi connectivity index (χ1v) is 10.0. The fraction of sp³-hybridized carbons (Fsp3) is 0.429. The SMILES string of the molecule is CCc1c(C)nn2c(N)c(C#N)c(NCCc3cccc(CNCCOC)n3)nc12. The summed E-state index contributed by atoms with van der Waals surface area (Å²) in [6, 6.07) is 8.14. The highest BCUT2D eigenvalue weighted by Crippen LogP contribution is 2.24. The van der Waals surface area contributed by atoms with E-state index >= 15 is 0 Å². The predicted molar refractivity (Wildman–Crippen MR) is 116 cm³/mol. The molecule has 9 heteroatoms. The Morgan fingerprint density at radius 3 is 2.77 bits per heavy atom. The number of hydrogen-bond donors (Lipinski definition) is 3. The Bertz CT molecular complexity index is 1050. The number of nitriles is 1. The zero-order chi connectivity index (χ0) is 21.5. The van der Waals surface area contributed by atoms with E-state index in [-0.39, 0.29) is 0 Å². The van der Waals surface area contributed by atoms with Gasteiger partial charge in [0, 0.05) is 44.4 Å². The number of ether oxygens (including phenoxy) is 1. The van der Waals surface area contributed by atoms with Crippen LogP contribution in [0.2, 0.25) is 0 Å². The molecule has 0 bridgehead atoms. The quantitative estimate of drug-likeness (QED) is 0.434. The normalized spacial score (nSPS) is 11.0. The van der Waals surface area contributed by atoms with Crippen LogP contribution < -0.4 is 16.4 Å². The van der Waals surface area contributed by atoms with Crippen LogP contribution >= 0.6 is 0 Å². The van der Waals surface area contributed by atoms with Crippen LogP contribution in [0.4, 0.5) is 11.6 Å². The van der Waals surface area contributed by atoms with Gasteiger partial charge in [0.25, 0.3) is 0 Å². The predicted octanol–water partition coefficient (Wildman–Crippen LogP) is 1.84. The van der Waals surface area contributed by atoms with E-state index in [1.807, 2.05) is 25.1 Å². The Kier molecular flexibility index (Phi) is 7.17. The second-order valence-corrected chi connectivity index (χ2v) is 6.95. The Hall–Kier alpha value is -3.22. The van der Waals surface area contributed by atoms with E-state index in [9.17, 15) is 5.26 Å². The van der Waals surface area contributed by atoms with E-state index in [4.69, 9.17) is 10.5 Å². The zero-order valence-corrected chi connectivity index (χ0v) is 17.7. The summed E-state index contributed by atoms with van der Waals surface area (Å²) in [6.07, 6.45) is 1.49. The lowest BCUT2D eigenvalue weighted by Crippen LogP contribution is -2.19. The van der Waals surface area contributed by atoms with E-state index < -0.39 is 0 Å². The second-order valence-electron chi connectivity index (χ2n) is 6.95. The van der Waals surface area contributed by atoms with Crippen LogP contribution in [-0.4, -0.2) is 46.4 Å². The zero-order valence-electron chi connectivity index (χ0n) is 17.7. The van der Waals surface area contributed by atoms with Gasteiger partial charge in [-0.2, -0.15) is 14.9 Å². The number of nitrogens with one attached hydrogen (secondary N) is 2. The average molecular weight is 409 g/mol. The molecule has 0 fully saturated rings. The average Bonchev–Trinajstić information content (AvgIpc) is 3.07. The molecule has 0 aliphatic heterocycles. The number of rotatable bonds is 10. The third-order valence-corrected chi connectivity index (χ3v) is 4.89. The van der Waals surface area contributed by atoms with Crippen LogP contribution in [0, 0.1) is 18.3 Å². The minimum Gasteiger partial charge on any atom is -0.383 e. The van der Waals surface area contributed by atoms with Crippen molar-refractivity contribution in [3.05, 3.63) is 46.4 Å². The van der Waals surface area contributed by atoms with E-state index in [2.05, 4.69) is 38.7 Å². The minimum absolute atomic E-state index is 0.301. The van der Waals surface area contributed by atoms with Crippen molar-refractivity contribution in [3.63, 3.8) is 0 Å². The number of hydrogen-bond acceptors (Lipinski definition) is 8. The lowest BCUT2D eigenvalue weighted by molar-refractivity contribution is 0.199. The molecule has 3 aromatic rings. The van der Waals surface area contributed by atoms with Crippen molar-refractivity contribution in [1.29, 1.82) is 5.26 Å². The van der Waals surface area contributed by atoms with E-state index in [0.717, 1.165) is 35.6 Å². The van der Waals surface area contributed by atoms with E-state index in [1.165, 1.54) is 0 Å². The number of nitrogen functional groups attached to an aromatic ring is 1. The topological polar surface area (TPSA) is 126 Å². The first-order valence-electron chi connectivity index (χ1n) is 10.0. The summed E-state index contributed by atoms with van der Waals surface area (Å²) < 4.78 is 6.59. The molecular weight excluding hydrogens is 380 g/mol. The maximum atomic E-state index is 9.59. The van der Waals surface area contributed by atoms with Crippen molar-refractivity contribution in [2.45, 2.75) is 33.2 Å². The Morgan fingerprint density at radius 2 is 2.03 bits per heavy atom. The van der Waals surface area contributed by atoms with Gasteiger partial charge in [0.05, 0.1) is 18.0 Å². The molecule has 9 nitrogen and oxygen atoms in total. The highest BCUT2D eigenvalue weighted by atomic mass is 16.5. The highest BCUT2D eigenvalue weighted by molar-refractivity contribution is 5.69. The van der Waals surface area contributed by atoms with Gasteiger partial charge in [0.15, 0.2) is 5.65 Å². The van der Waals surface area contributed by atoms with E-state index in [0.29, 0.717) is 49.0 Å². The number of fused-ring (bicyclic) bond motifs is 1. The van der Waals surface area contributed by atoms with Crippen molar-refractivity contribution >= 4 is 17.3 Å². The van der Waals surface area contributed by atoms with Crippen LogP contribution in [0.25, 0.3) is 5.65 Å².